The number of anilines is 1. The van der Waals surface area contributed by atoms with Crippen LogP contribution in [0, 0.1) is 0 Å². The largest absolute Gasteiger partial charge is 0.491 e. The Morgan fingerprint density at radius 1 is 1.18 bits per heavy atom. The Morgan fingerprint density at radius 2 is 1.88 bits per heavy atom. The standard InChI is InChI=1S/C10H11BrF3NO2/c11-7-3-8(15)5-9(4-7)17-2-1-16-6-10(12,13)14/h3-5H,1-2,6,15H2. The molecule has 0 saturated carbocycles. The van der Waals surface area contributed by atoms with E-state index in [1.165, 1.54) is 0 Å². The number of ether oxygens (including phenoxy) is 2. The SMILES string of the molecule is Nc1cc(Br)cc(OCCOCC(F)(F)F)c1. The van der Waals surface area contributed by atoms with Crippen molar-refractivity contribution in [2.75, 3.05) is 25.6 Å². The van der Waals surface area contributed by atoms with Crippen LogP contribution in [0.2, 0.25) is 0 Å². The summed E-state index contributed by atoms with van der Waals surface area (Å²) in [4.78, 5) is 0. The van der Waals surface area contributed by atoms with Gasteiger partial charge >= 0.3 is 6.18 Å². The van der Waals surface area contributed by atoms with E-state index in [1.54, 1.807) is 18.2 Å². The fourth-order valence-corrected chi connectivity index (χ4v) is 1.56. The minimum absolute atomic E-state index is 0.0337. The third-order valence-corrected chi connectivity index (χ3v) is 2.11. The molecule has 0 atom stereocenters. The number of nitrogens with two attached hydrogens (primary N) is 1. The van der Waals surface area contributed by atoms with Gasteiger partial charge in [0.25, 0.3) is 0 Å². The number of hydrogen-bond acceptors (Lipinski definition) is 3. The lowest BCUT2D eigenvalue weighted by Crippen LogP contribution is -2.19. The average Bonchev–Trinajstić information content (AvgIpc) is 2.13. The van der Waals surface area contributed by atoms with Crippen LogP contribution in [0.3, 0.4) is 0 Å². The molecule has 0 aliphatic heterocycles. The van der Waals surface area contributed by atoms with E-state index in [-0.39, 0.29) is 13.2 Å². The van der Waals surface area contributed by atoms with Crippen molar-refractivity contribution in [2.24, 2.45) is 0 Å². The lowest BCUT2D eigenvalue weighted by atomic mass is 10.3. The molecule has 0 unspecified atom stereocenters. The molecule has 0 amide bonds. The first-order valence-electron chi connectivity index (χ1n) is 4.70. The molecule has 0 heterocycles. The van der Waals surface area contributed by atoms with Crippen LogP contribution in [-0.2, 0) is 4.74 Å². The first-order chi connectivity index (χ1) is 7.87. The highest BCUT2D eigenvalue weighted by Crippen LogP contribution is 2.22. The quantitative estimate of drug-likeness (QED) is 0.671. The molecule has 1 rings (SSSR count). The van der Waals surface area contributed by atoms with E-state index in [1.807, 2.05) is 0 Å². The van der Waals surface area contributed by atoms with Gasteiger partial charge in [-0.25, -0.2) is 0 Å². The van der Waals surface area contributed by atoms with Crippen LogP contribution >= 0.6 is 15.9 Å². The van der Waals surface area contributed by atoms with Crippen LogP contribution in [0.25, 0.3) is 0 Å². The van der Waals surface area contributed by atoms with E-state index in [2.05, 4.69) is 20.7 Å². The molecule has 0 saturated heterocycles. The number of benzene rings is 1. The molecule has 96 valence electrons. The summed E-state index contributed by atoms with van der Waals surface area (Å²) in [5.41, 5.74) is 6.06. The molecule has 3 nitrogen and oxygen atoms in total. The predicted octanol–water partition coefficient (Wildman–Crippen LogP) is 2.99. The Bertz CT molecular complexity index is 351. The minimum atomic E-state index is -4.31. The average molecular weight is 314 g/mol. The fraction of sp³-hybridized carbons (Fsp3) is 0.400. The zero-order valence-electron chi connectivity index (χ0n) is 8.76. The molecular weight excluding hydrogens is 303 g/mol. The Hall–Kier alpha value is -0.950. The Balaban J connectivity index is 2.27. The van der Waals surface area contributed by atoms with Gasteiger partial charge in [0.15, 0.2) is 0 Å². The number of hydrogen-bond donors (Lipinski definition) is 1. The monoisotopic (exact) mass is 313 g/mol. The van der Waals surface area contributed by atoms with Crippen molar-refractivity contribution < 1.29 is 22.6 Å². The third kappa shape index (κ3) is 6.38. The number of nitrogen functional groups attached to an aromatic ring is 1. The van der Waals surface area contributed by atoms with E-state index in [0.717, 1.165) is 4.47 Å². The molecule has 1 aromatic carbocycles. The summed E-state index contributed by atoms with van der Waals surface area (Å²) in [5.74, 6) is 0.479. The number of alkyl halides is 3. The van der Waals surface area contributed by atoms with Gasteiger partial charge in [-0.05, 0) is 12.1 Å². The van der Waals surface area contributed by atoms with Crippen LogP contribution < -0.4 is 10.5 Å². The number of halogens is 4. The first kappa shape index (κ1) is 14.1. The summed E-state index contributed by atoms with van der Waals surface area (Å²) in [7, 11) is 0. The summed E-state index contributed by atoms with van der Waals surface area (Å²) >= 11 is 3.22. The van der Waals surface area contributed by atoms with Crippen molar-refractivity contribution in [3.8, 4) is 5.75 Å². The summed E-state index contributed by atoms with van der Waals surface area (Å²) in [6, 6.07) is 4.93. The summed E-state index contributed by atoms with van der Waals surface area (Å²) < 4.78 is 45.5. The van der Waals surface area contributed by atoms with Gasteiger partial charge < -0.3 is 15.2 Å². The maximum Gasteiger partial charge on any atom is 0.411 e. The van der Waals surface area contributed by atoms with Gasteiger partial charge in [-0.3, -0.25) is 0 Å². The molecule has 2 N–H and O–H groups in total. The van der Waals surface area contributed by atoms with Crippen LogP contribution in [-0.4, -0.2) is 26.0 Å². The molecule has 0 spiro atoms. The molecule has 0 radical (unpaired) electrons. The highest BCUT2D eigenvalue weighted by atomic mass is 79.9. The van der Waals surface area contributed by atoms with Gasteiger partial charge in [0.05, 0.1) is 6.61 Å². The Kier molecular flexibility index (Phi) is 5.07. The Morgan fingerprint density at radius 3 is 2.47 bits per heavy atom. The van der Waals surface area contributed by atoms with Crippen molar-refractivity contribution in [3.05, 3.63) is 22.7 Å². The smallest absolute Gasteiger partial charge is 0.411 e. The van der Waals surface area contributed by atoms with E-state index in [4.69, 9.17) is 10.5 Å². The first-order valence-corrected chi connectivity index (χ1v) is 5.49. The molecule has 0 aliphatic rings. The minimum Gasteiger partial charge on any atom is -0.491 e. The zero-order valence-corrected chi connectivity index (χ0v) is 10.3. The third-order valence-electron chi connectivity index (χ3n) is 1.66. The molecule has 0 fully saturated rings. The van der Waals surface area contributed by atoms with Crippen molar-refractivity contribution in [3.63, 3.8) is 0 Å². The molecule has 17 heavy (non-hydrogen) atoms. The maximum absolute atomic E-state index is 11.7. The fourth-order valence-electron chi connectivity index (χ4n) is 1.07. The molecule has 0 bridgehead atoms. The topological polar surface area (TPSA) is 44.5 Å². The van der Waals surface area contributed by atoms with Crippen molar-refractivity contribution in [1.82, 2.24) is 0 Å². The molecule has 0 aromatic heterocycles. The van der Waals surface area contributed by atoms with Crippen molar-refractivity contribution >= 4 is 21.6 Å². The lowest BCUT2D eigenvalue weighted by Gasteiger charge is -2.09. The Labute approximate surface area is 105 Å². The lowest BCUT2D eigenvalue weighted by molar-refractivity contribution is -0.175. The summed E-state index contributed by atoms with van der Waals surface area (Å²) in [5, 5.41) is 0. The van der Waals surface area contributed by atoms with E-state index < -0.39 is 12.8 Å². The van der Waals surface area contributed by atoms with Gasteiger partial charge in [-0.1, -0.05) is 15.9 Å². The highest BCUT2D eigenvalue weighted by molar-refractivity contribution is 9.10. The summed E-state index contributed by atoms with van der Waals surface area (Å²) in [6.07, 6.45) is -4.31. The highest BCUT2D eigenvalue weighted by Gasteiger charge is 2.27. The summed E-state index contributed by atoms with van der Waals surface area (Å²) in [6.45, 7) is -1.37. The predicted molar refractivity (Wildman–Crippen MR) is 60.9 cm³/mol. The van der Waals surface area contributed by atoms with Crippen LogP contribution in [0.4, 0.5) is 18.9 Å². The second-order valence-corrected chi connectivity index (χ2v) is 4.15. The molecule has 0 aliphatic carbocycles. The molecule has 7 heteroatoms. The second-order valence-electron chi connectivity index (χ2n) is 3.24. The number of rotatable bonds is 5. The van der Waals surface area contributed by atoms with E-state index in [9.17, 15) is 13.2 Å². The van der Waals surface area contributed by atoms with Crippen LogP contribution in [0.15, 0.2) is 22.7 Å². The van der Waals surface area contributed by atoms with Crippen LogP contribution in [0.1, 0.15) is 0 Å². The van der Waals surface area contributed by atoms with Crippen molar-refractivity contribution in [1.29, 1.82) is 0 Å². The second kappa shape index (κ2) is 6.11. The molecule has 1 aromatic rings. The molecular formula is C10H11BrF3NO2. The van der Waals surface area contributed by atoms with Gasteiger partial charge in [0, 0.05) is 16.2 Å². The van der Waals surface area contributed by atoms with Crippen LogP contribution in [0.5, 0.6) is 5.75 Å². The maximum atomic E-state index is 11.7. The van der Waals surface area contributed by atoms with E-state index >= 15 is 0 Å². The van der Waals surface area contributed by atoms with Gasteiger partial charge in [-0.2, -0.15) is 13.2 Å². The van der Waals surface area contributed by atoms with Gasteiger partial charge in [0.1, 0.15) is 19.0 Å². The normalized spacial score (nSPS) is 11.5. The van der Waals surface area contributed by atoms with Crippen molar-refractivity contribution in [2.45, 2.75) is 6.18 Å². The zero-order chi connectivity index (χ0) is 12.9. The van der Waals surface area contributed by atoms with E-state index in [0.29, 0.717) is 11.4 Å². The van der Waals surface area contributed by atoms with Gasteiger partial charge in [0.2, 0.25) is 0 Å². The van der Waals surface area contributed by atoms with Gasteiger partial charge in [-0.15, -0.1) is 0 Å².